The minimum absolute atomic E-state index is 0.519. The van der Waals surface area contributed by atoms with Crippen LogP contribution in [0.25, 0.3) is 6.08 Å². The van der Waals surface area contributed by atoms with Gasteiger partial charge < -0.3 is 4.57 Å². The molecule has 0 N–H and O–H groups in total. The molecule has 0 fully saturated rings. The molecule has 0 aliphatic heterocycles. The standard InChI is InChI=1S/C6H7N3O2/c1-8-5-3-7-6(8)2-4-9(10)11/h2-5H,1H3/b4-2+. The van der Waals surface area contributed by atoms with E-state index in [9.17, 15) is 10.1 Å². The van der Waals surface area contributed by atoms with Crippen molar-refractivity contribution < 1.29 is 4.92 Å². The lowest BCUT2D eigenvalue weighted by molar-refractivity contribution is -0.401. The number of nitrogens with zero attached hydrogens (tertiary/aromatic N) is 3. The summed E-state index contributed by atoms with van der Waals surface area (Å²) in [6.45, 7) is 0. The largest absolute Gasteiger partial charge is 0.334 e. The van der Waals surface area contributed by atoms with E-state index in [1.807, 2.05) is 0 Å². The van der Waals surface area contributed by atoms with E-state index < -0.39 is 4.92 Å². The Labute approximate surface area is 63.1 Å². The first-order valence-electron chi connectivity index (χ1n) is 2.99. The smallest absolute Gasteiger partial charge is 0.238 e. The molecule has 0 unspecified atom stereocenters. The van der Waals surface area contributed by atoms with Gasteiger partial charge in [-0.05, 0) is 0 Å². The minimum Gasteiger partial charge on any atom is -0.334 e. The van der Waals surface area contributed by atoms with E-state index in [0.717, 1.165) is 6.20 Å². The Morgan fingerprint density at radius 2 is 2.55 bits per heavy atom. The fourth-order valence-electron chi connectivity index (χ4n) is 0.665. The fraction of sp³-hybridized carbons (Fsp3) is 0.167. The average Bonchev–Trinajstić information content (AvgIpc) is 2.31. The lowest BCUT2D eigenvalue weighted by Crippen LogP contribution is -1.90. The maximum atomic E-state index is 9.89. The van der Waals surface area contributed by atoms with Crippen LogP contribution in [0.5, 0.6) is 0 Å². The second-order valence-electron chi connectivity index (χ2n) is 2.00. The van der Waals surface area contributed by atoms with Crippen molar-refractivity contribution in [3.8, 4) is 0 Å². The SMILES string of the molecule is Cn1ccnc1/C=C/[N+](=O)[O-]. The van der Waals surface area contributed by atoms with Crippen molar-refractivity contribution >= 4 is 6.08 Å². The van der Waals surface area contributed by atoms with Gasteiger partial charge in [-0.2, -0.15) is 0 Å². The highest BCUT2D eigenvalue weighted by atomic mass is 16.6. The molecule has 0 bridgehead atoms. The molecule has 0 radical (unpaired) electrons. The Morgan fingerprint density at radius 3 is 3.00 bits per heavy atom. The molecule has 1 aromatic heterocycles. The van der Waals surface area contributed by atoms with E-state index in [1.54, 1.807) is 24.0 Å². The molecule has 0 amide bonds. The van der Waals surface area contributed by atoms with Crippen LogP contribution in [0.4, 0.5) is 0 Å². The summed E-state index contributed by atoms with van der Waals surface area (Å²) < 4.78 is 1.69. The van der Waals surface area contributed by atoms with E-state index in [1.165, 1.54) is 6.08 Å². The third kappa shape index (κ3) is 1.89. The number of nitro groups is 1. The van der Waals surface area contributed by atoms with Crippen molar-refractivity contribution in [1.29, 1.82) is 0 Å². The topological polar surface area (TPSA) is 61.0 Å². The molecular weight excluding hydrogens is 146 g/mol. The summed E-state index contributed by atoms with van der Waals surface area (Å²) >= 11 is 0. The van der Waals surface area contributed by atoms with Gasteiger partial charge in [-0.25, -0.2) is 4.98 Å². The van der Waals surface area contributed by atoms with Gasteiger partial charge in [0.2, 0.25) is 6.20 Å². The first-order chi connectivity index (χ1) is 5.20. The van der Waals surface area contributed by atoms with Crippen molar-refractivity contribution in [2.24, 2.45) is 7.05 Å². The van der Waals surface area contributed by atoms with Crippen molar-refractivity contribution in [2.45, 2.75) is 0 Å². The number of rotatable bonds is 2. The van der Waals surface area contributed by atoms with Crippen LogP contribution in [-0.4, -0.2) is 14.5 Å². The van der Waals surface area contributed by atoms with Gasteiger partial charge in [0.05, 0.1) is 11.0 Å². The summed E-state index contributed by atoms with van der Waals surface area (Å²) in [7, 11) is 1.77. The predicted molar refractivity (Wildman–Crippen MR) is 39.2 cm³/mol. The predicted octanol–water partition coefficient (Wildman–Crippen LogP) is 0.667. The van der Waals surface area contributed by atoms with Crippen LogP contribution < -0.4 is 0 Å². The fourth-order valence-corrected chi connectivity index (χ4v) is 0.665. The number of hydrogen-bond acceptors (Lipinski definition) is 3. The summed E-state index contributed by atoms with van der Waals surface area (Å²) in [5, 5.41) is 9.89. The van der Waals surface area contributed by atoms with Crippen LogP contribution in [0.3, 0.4) is 0 Å². The number of aromatic nitrogens is 2. The van der Waals surface area contributed by atoms with E-state index in [-0.39, 0.29) is 0 Å². The molecule has 0 saturated carbocycles. The van der Waals surface area contributed by atoms with Gasteiger partial charge in [0.1, 0.15) is 5.82 Å². The van der Waals surface area contributed by atoms with Crippen LogP contribution in [0.15, 0.2) is 18.6 Å². The van der Waals surface area contributed by atoms with Gasteiger partial charge >= 0.3 is 0 Å². The zero-order valence-electron chi connectivity index (χ0n) is 5.97. The lowest BCUT2D eigenvalue weighted by Gasteiger charge is -1.89. The maximum Gasteiger partial charge on any atom is 0.238 e. The third-order valence-corrected chi connectivity index (χ3v) is 1.20. The van der Waals surface area contributed by atoms with Crippen LogP contribution in [0.1, 0.15) is 5.82 Å². The van der Waals surface area contributed by atoms with Crippen molar-refractivity contribution in [2.75, 3.05) is 0 Å². The highest BCUT2D eigenvalue weighted by Gasteiger charge is 1.94. The van der Waals surface area contributed by atoms with E-state index in [4.69, 9.17) is 0 Å². The molecule has 1 rings (SSSR count). The first-order valence-corrected chi connectivity index (χ1v) is 2.99. The highest BCUT2D eigenvalue weighted by molar-refractivity contribution is 5.37. The minimum atomic E-state index is -0.519. The average molecular weight is 153 g/mol. The van der Waals surface area contributed by atoms with Gasteiger partial charge in [-0.1, -0.05) is 0 Å². The molecular formula is C6H7N3O2. The Balaban J connectivity index is 2.79. The summed E-state index contributed by atoms with van der Waals surface area (Å²) in [4.78, 5) is 13.2. The lowest BCUT2D eigenvalue weighted by atomic mass is 10.6. The molecule has 11 heavy (non-hydrogen) atoms. The van der Waals surface area contributed by atoms with Gasteiger partial charge in [0.25, 0.3) is 0 Å². The van der Waals surface area contributed by atoms with Crippen LogP contribution in [0, 0.1) is 10.1 Å². The molecule has 1 aromatic rings. The third-order valence-electron chi connectivity index (χ3n) is 1.20. The molecule has 5 nitrogen and oxygen atoms in total. The molecule has 0 spiro atoms. The summed E-state index contributed by atoms with van der Waals surface area (Å²) in [5.74, 6) is 0.571. The molecule has 0 atom stereocenters. The Kier molecular flexibility index (Phi) is 2.00. The number of aryl methyl sites for hydroxylation is 1. The molecule has 5 heteroatoms. The maximum absolute atomic E-state index is 9.89. The summed E-state index contributed by atoms with van der Waals surface area (Å²) in [5.41, 5.74) is 0. The summed E-state index contributed by atoms with van der Waals surface area (Å²) in [6, 6.07) is 0. The zero-order chi connectivity index (χ0) is 8.27. The van der Waals surface area contributed by atoms with E-state index >= 15 is 0 Å². The van der Waals surface area contributed by atoms with Crippen LogP contribution in [-0.2, 0) is 7.05 Å². The Morgan fingerprint density at radius 1 is 1.82 bits per heavy atom. The zero-order valence-corrected chi connectivity index (χ0v) is 5.97. The first kappa shape index (κ1) is 7.46. The second-order valence-corrected chi connectivity index (χ2v) is 2.00. The monoisotopic (exact) mass is 153 g/mol. The van der Waals surface area contributed by atoms with Gasteiger partial charge in [0.15, 0.2) is 0 Å². The Hall–Kier alpha value is -1.65. The summed E-state index contributed by atoms with van der Waals surface area (Å²) in [6.07, 6.45) is 5.52. The molecule has 58 valence electrons. The molecule has 0 aliphatic rings. The number of imidazole rings is 1. The van der Waals surface area contributed by atoms with Crippen molar-refractivity contribution in [1.82, 2.24) is 9.55 Å². The second kappa shape index (κ2) is 2.96. The van der Waals surface area contributed by atoms with Crippen LogP contribution in [0.2, 0.25) is 0 Å². The number of hydrogen-bond donors (Lipinski definition) is 0. The van der Waals surface area contributed by atoms with Gasteiger partial charge in [-0.3, -0.25) is 10.1 Å². The molecule has 0 saturated heterocycles. The van der Waals surface area contributed by atoms with Gasteiger partial charge in [-0.15, -0.1) is 0 Å². The normalized spacial score (nSPS) is 10.6. The van der Waals surface area contributed by atoms with Gasteiger partial charge in [0, 0.05) is 19.4 Å². The van der Waals surface area contributed by atoms with Crippen molar-refractivity contribution in [3.63, 3.8) is 0 Å². The van der Waals surface area contributed by atoms with E-state index in [2.05, 4.69) is 4.98 Å². The Bertz CT molecular complexity index is 290. The molecule has 0 aromatic carbocycles. The molecule has 1 heterocycles. The van der Waals surface area contributed by atoms with E-state index in [0.29, 0.717) is 5.82 Å². The van der Waals surface area contributed by atoms with Crippen LogP contribution >= 0.6 is 0 Å². The highest BCUT2D eigenvalue weighted by Crippen LogP contribution is 1.96. The quantitative estimate of drug-likeness (QED) is 0.463. The van der Waals surface area contributed by atoms with Crippen molar-refractivity contribution in [3.05, 3.63) is 34.5 Å². The molecule has 0 aliphatic carbocycles.